The molecule has 6 nitrogen and oxygen atoms in total. The van der Waals surface area contributed by atoms with Crippen LogP contribution in [0, 0.1) is 0 Å². The molecular formula is C14H14N4O2. The number of rotatable bonds is 1. The minimum absolute atomic E-state index is 0.0909. The summed E-state index contributed by atoms with van der Waals surface area (Å²) in [4.78, 5) is 23.9. The quantitative estimate of drug-likeness (QED) is 0.729. The fraction of sp³-hybridized carbons (Fsp3) is 0.357. The fourth-order valence-electron chi connectivity index (χ4n) is 2.91. The highest BCUT2D eigenvalue weighted by atomic mass is 16.5. The van der Waals surface area contributed by atoms with E-state index in [4.69, 9.17) is 4.74 Å². The van der Waals surface area contributed by atoms with Crippen molar-refractivity contribution in [2.75, 3.05) is 13.2 Å². The summed E-state index contributed by atoms with van der Waals surface area (Å²) < 4.78 is 7.21. The van der Waals surface area contributed by atoms with Crippen LogP contribution in [-0.4, -0.2) is 32.7 Å². The molecule has 0 radical (unpaired) electrons. The minimum Gasteiger partial charge on any atom is -0.381 e. The van der Waals surface area contributed by atoms with Gasteiger partial charge in [-0.3, -0.25) is 14.5 Å². The van der Waals surface area contributed by atoms with Gasteiger partial charge < -0.3 is 9.72 Å². The number of H-pyrrole nitrogens is 1. The van der Waals surface area contributed by atoms with Gasteiger partial charge in [0.1, 0.15) is 5.52 Å². The number of nitrogens with zero attached hydrogens (tertiary/aromatic N) is 3. The van der Waals surface area contributed by atoms with Crippen LogP contribution in [0.25, 0.3) is 22.1 Å². The first-order chi connectivity index (χ1) is 9.84. The standard InChI is InChI=1S/C14H14N4O2/c19-14-17-11-8-16-10-2-1-5-15-12(10)13(11)18(14)9-3-6-20-7-4-9/h1-2,5,8-9H,3-4,6-7H2,(H,17,19). The van der Waals surface area contributed by atoms with Gasteiger partial charge in [0.15, 0.2) is 0 Å². The summed E-state index contributed by atoms with van der Waals surface area (Å²) in [5.74, 6) is 0. The van der Waals surface area contributed by atoms with Gasteiger partial charge in [-0.15, -0.1) is 0 Å². The summed E-state index contributed by atoms with van der Waals surface area (Å²) in [6, 6.07) is 3.93. The molecule has 1 saturated heterocycles. The molecule has 20 heavy (non-hydrogen) atoms. The van der Waals surface area contributed by atoms with Crippen LogP contribution in [0.1, 0.15) is 18.9 Å². The summed E-state index contributed by atoms with van der Waals surface area (Å²) in [5, 5.41) is 0. The van der Waals surface area contributed by atoms with E-state index in [1.54, 1.807) is 12.4 Å². The van der Waals surface area contributed by atoms with E-state index in [-0.39, 0.29) is 11.7 Å². The van der Waals surface area contributed by atoms with Gasteiger partial charge in [0.25, 0.3) is 0 Å². The Morgan fingerprint density at radius 2 is 2.15 bits per heavy atom. The molecule has 0 spiro atoms. The second-order valence-electron chi connectivity index (χ2n) is 5.04. The number of imidazole rings is 1. The summed E-state index contributed by atoms with van der Waals surface area (Å²) in [6.07, 6.45) is 5.14. The van der Waals surface area contributed by atoms with Gasteiger partial charge in [-0.25, -0.2) is 4.79 Å². The van der Waals surface area contributed by atoms with Crippen molar-refractivity contribution in [2.24, 2.45) is 0 Å². The molecule has 6 heteroatoms. The van der Waals surface area contributed by atoms with Crippen LogP contribution in [0.2, 0.25) is 0 Å². The van der Waals surface area contributed by atoms with Crippen molar-refractivity contribution in [1.29, 1.82) is 0 Å². The third-order valence-corrected chi connectivity index (χ3v) is 3.86. The molecule has 3 aromatic heterocycles. The van der Waals surface area contributed by atoms with E-state index < -0.39 is 0 Å². The maximum atomic E-state index is 12.3. The molecule has 0 bridgehead atoms. The smallest absolute Gasteiger partial charge is 0.326 e. The molecule has 0 aliphatic carbocycles. The van der Waals surface area contributed by atoms with E-state index in [2.05, 4.69) is 15.0 Å². The highest BCUT2D eigenvalue weighted by Gasteiger charge is 2.21. The molecule has 0 aromatic carbocycles. The lowest BCUT2D eigenvalue weighted by Crippen LogP contribution is -2.27. The van der Waals surface area contributed by atoms with Crippen molar-refractivity contribution < 1.29 is 4.74 Å². The van der Waals surface area contributed by atoms with Crippen molar-refractivity contribution >= 4 is 22.1 Å². The molecule has 0 unspecified atom stereocenters. The minimum atomic E-state index is -0.0909. The maximum absolute atomic E-state index is 12.3. The zero-order valence-corrected chi connectivity index (χ0v) is 10.9. The Morgan fingerprint density at radius 3 is 3.00 bits per heavy atom. The number of hydrogen-bond donors (Lipinski definition) is 1. The van der Waals surface area contributed by atoms with Crippen molar-refractivity contribution in [3.05, 3.63) is 35.0 Å². The molecule has 1 aliphatic heterocycles. The van der Waals surface area contributed by atoms with E-state index in [1.807, 2.05) is 16.7 Å². The largest absolute Gasteiger partial charge is 0.381 e. The lowest BCUT2D eigenvalue weighted by Gasteiger charge is -2.23. The SMILES string of the molecule is O=c1[nH]c2cnc3cccnc3c2n1C1CCOCC1. The zero-order chi connectivity index (χ0) is 13.5. The van der Waals surface area contributed by atoms with E-state index in [0.717, 1.165) is 34.9 Å². The van der Waals surface area contributed by atoms with E-state index in [0.29, 0.717) is 13.2 Å². The van der Waals surface area contributed by atoms with Crippen LogP contribution in [0.15, 0.2) is 29.3 Å². The molecule has 0 atom stereocenters. The van der Waals surface area contributed by atoms with Crippen LogP contribution >= 0.6 is 0 Å². The van der Waals surface area contributed by atoms with Gasteiger partial charge in [-0.1, -0.05) is 0 Å². The van der Waals surface area contributed by atoms with Crippen LogP contribution in [-0.2, 0) is 4.74 Å². The zero-order valence-electron chi connectivity index (χ0n) is 10.9. The molecule has 102 valence electrons. The normalized spacial score (nSPS) is 17.0. The first-order valence-electron chi connectivity index (χ1n) is 6.76. The molecular weight excluding hydrogens is 256 g/mol. The van der Waals surface area contributed by atoms with E-state index in [9.17, 15) is 4.79 Å². The summed E-state index contributed by atoms with van der Waals surface area (Å²) in [7, 11) is 0. The molecule has 0 saturated carbocycles. The van der Waals surface area contributed by atoms with Gasteiger partial charge >= 0.3 is 5.69 Å². The van der Waals surface area contributed by atoms with Crippen LogP contribution in [0.4, 0.5) is 0 Å². The van der Waals surface area contributed by atoms with Gasteiger partial charge in [-0.05, 0) is 25.0 Å². The van der Waals surface area contributed by atoms with Crippen molar-refractivity contribution in [3.63, 3.8) is 0 Å². The second-order valence-corrected chi connectivity index (χ2v) is 5.04. The van der Waals surface area contributed by atoms with Crippen LogP contribution in [0.5, 0.6) is 0 Å². The second kappa shape index (κ2) is 4.42. The highest BCUT2D eigenvalue weighted by molar-refractivity contribution is 5.99. The van der Waals surface area contributed by atoms with E-state index in [1.165, 1.54) is 0 Å². The topological polar surface area (TPSA) is 72.8 Å². The summed E-state index contributed by atoms with van der Waals surface area (Å²) >= 11 is 0. The number of ether oxygens (including phenoxy) is 1. The molecule has 1 fully saturated rings. The molecule has 3 aromatic rings. The Kier molecular flexibility index (Phi) is 2.56. The number of nitrogens with one attached hydrogen (secondary N) is 1. The Balaban J connectivity index is 2.05. The van der Waals surface area contributed by atoms with Crippen molar-refractivity contribution in [1.82, 2.24) is 19.5 Å². The number of aromatic nitrogens is 4. The van der Waals surface area contributed by atoms with Crippen molar-refractivity contribution in [2.45, 2.75) is 18.9 Å². The Morgan fingerprint density at radius 1 is 1.30 bits per heavy atom. The summed E-state index contributed by atoms with van der Waals surface area (Å²) in [5.41, 5.74) is 3.08. The summed E-state index contributed by atoms with van der Waals surface area (Å²) in [6.45, 7) is 1.39. The van der Waals surface area contributed by atoms with Crippen molar-refractivity contribution in [3.8, 4) is 0 Å². The maximum Gasteiger partial charge on any atom is 0.326 e. The lowest BCUT2D eigenvalue weighted by atomic mass is 10.1. The number of aromatic amines is 1. The average Bonchev–Trinajstić information content (AvgIpc) is 2.84. The Hall–Kier alpha value is -2.21. The van der Waals surface area contributed by atoms with Gasteiger partial charge in [0.2, 0.25) is 0 Å². The Labute approximate surface area is 114 Å². The van der Waals surface area contributed by atoms with Gasteiger partial charge in [0, 0.05) is 25.5 Å². The van der Waals surface area contributed by atoms with Crippen LogP contribution < -0.4 is 5.69 Å². The van der Waals surface area contributed by atoms with Gasteiger partial charge in [-0.2, -0.15) is 0 Å². The predicted molar refractivity (Wildman–Crippen MR) is 74.7 cm³/mol. The first-order valence-corrected chi connectivity index (χ1v) is 6.76. The molecule has 1 N–H and O–H groups in total. The van der Waals surface area contributed by atoms with E-state index >= 15 is 0 Å². The first kappa shape index (κ1) is 11.6. The molecule has 0 amide bonds. The third kappa shape index (κ3) is 1.65. The number of pyridine rings is 2. The fourth-order valence-corrected chi connectivity index (χ4v) is 2.91. The Bertz CT molecular complexity index is 830. The van der Waals surface area contributed by atoms with Crippen LogP contribution in [0.3, 0.4) is 0 Å². The molecule has 1 aliphatic rings. The predicted octanol–water partition coefficient (Wildman–Crippen LogP) is 1.62. The number of fused-ring (bicyclic) bond motifs is 3. The third-order valence-electron chi connectivity index (χ3n) is 3.86. The van der Waals surface area contributed by atoms with Gasteiger partial charge in [0.05, 0.1) is 22.7 Å². The average molecular weight is 270 g/mol. The molecule has 4 rings (SSSR count). The molecule has 4 heterocycles. The monoisotopic (exact) mass is 270 g/mol. The lowest BCUT2D eigenvalue weighted by molar-refractivity contribution is 0.0698. The highest BCUT2D eigenvalue weighted by Crippen LogP contribution is 2.26. The number of hydrogen-bond acceptors (Lipinski definition) is 4.